The highest BCUT2D eigenvalue weighted by Gasteiger charge is 2.19. The van der Waals surface area contributed by atoms with E-state index in [-0.39, 0.29) is 5.91 Å². The molecule has 1 fully saturated rings. The topological polar surface area (TPSA) is 53.3 Å². The van der Waals surface area contributed by atoms with E-state index in [0.29, 0.717) is 37.4 Å². The maximum absolute atomic E-state index is 12.6. The van der Waals surface area contributed by atoms with Crippen molar-refractivity contribution in [3.8, 4) is 6.07 Å². The van der Waals surface area contributed by atoms with Gasteiger partial charge in [-0.1, -0.05) is 30.3 Å². The van der Waals surface area contributed by atoms with Crippen LogP contribution >= 0.6 is 11.8 Å². The van der Waals surface area contributed by atoms with Crippen molar-refractivity contribution in [1.82, 2.24) is 4.90 Å². The molecule has 5 heteroatoms. The van der Waals surface area contributed by atoms with E-state index in [0.717, 1.165) is 10.6 Å². The first-order chi connectivity index (χ1) is 11.8. The van der Waals surface area contributed by atoms with Crippen molar-refractivity contribution in [1.29, 1.82) is 5.26 Å². The molecule has 1 aliphatic heterocycles. The van der Waals surface area contributed by atoms with Gasteiger partial charge in [-0.15, -0.1) is 11.8 Å². The summed E-state index contributed by atoms with van der Waals surface area (Å²) in [5.41, 5.74) is 2.43. The normalized spacial score (nSPS) is 14.2. The predicted molar refractivity (Wildman–Crippen MR) is 93.9 cm³/mol. The molecule has 4 nitrogen and oxygen atoms in total. The number of carbonyl (C=O) groups excluding carboxylic acids is 1. The fourth-order valence-electron chi connectivity index (χ4n) is 2.55. The number of hydrogen-bond donors (Lipinski definition) is 0. The number of thioether (sulfide) groups is 1. The van der Waals surface area contributed by atoms with Crippen LogP contribution in [0.1, 0.15) is 21.5 Å². The second kappa shape index (κ2) is 8.00. The summed E-state index contributed by atoms with van der Waals surface area (Å²) in [6, 6.07) is 17.6. The Hall–Kier alpha value is -2.29. The molecule has 0 atom stereocenters. The predicted octanol–water partition coefficient (Wildman–Crippen LogP) is 3.32. The molecule has 0 radical (unpaired) electrons. The highest BCUT2D eigenvalue weighted by Crippen LogP contribution is 2.27. The molecule has 0 spiro atoms. The molecule has 2 aromatic rings. The van der Waals surface area contributed by atoms with E-state index < -0.39 is 0 Å². The minimum atomic E-state index is 0.00403. The maximum Gasteiger partial charge on any atom is 0.254 e. The molecule has 0 unspecified atom stereocenters. The Balaban J connectivity index is 1.77. The molecule has 0 saturated carbocycles. The number of amides is 1. The third-order valence-corrected chi connectivity index (χ3v) is 5.01. The second-order valence-corrected chi connectivity index (χ2v) is 6.52. The Morgan fingerprint density at radius 1 is 1.17 bits per heavy atom. The molecule has 24 heavy (non-hydrogen) atoms. The Morgan fingerprint density at radius 2 is 1.92 bits per heavy atom. The zero-order chi connectivity index (χ0) is 16.8. The van der Waals surface area contributed by atoms with Crippen molar-refractivity contribution < 1.29 is 9.53 Å². The second-order valence-electron chi connectivity index (χ2n) is 5.50. The summed E-state index contributed by atoms with van der Waals surface area (Å²) < 4.78 is 5.29. The molecule has 122 valence electrons. The van der Waals surface area contributed by atoms with Crippen molar-refractivity contribution in [3.05, 3.63) is 65.2 Å². The molecule has 1 aliphatic rings. The van der Waals surface area contributed by atoms with Crippen molar-refractivity contribution >= 4 is 17.7 Å². The van der Waals surface area contributed by atoms with Gasteiger partial charge < -0.3 is 9.64 Å². The van der Waals surface area contributed by atoms with Crippen molar-refractivity contribution in [2.45, 2.75) is 10.6 Å². The SMILES string of the molecule is N#Cc1ccc(C(=O)N2CCOCC2)cc1SCc1ccccc1. The van der Waals surface area contributed by atoms with Crippen LogP contribution in [-0.2, 0) is 10.5 Å². The Kier molecular flexibility index (Phi) is 5.52. The van der Waals surface area contributed by atoms with E-state index in [1.54, 1.807) is 28.8 Å². The van der Waals surface area contributed by atoms with E-state index in [4.69, 9.17) is 4.74 Å². The van der Waals surface area contributed by atoms with Crippen LogP contribution in [0.3, 0.4) is 0 Å². The van der Waals surface area contributed by atoms with E-state index in [1.165, 1.54) is 5.56 Å². The molecule has 1 saturated heterocycles. The monoisotopic (exact) mass is 338 g/mol. The molecule has 3 rings (SSSR count). The Bertz CT molecular complexity index is 750. The van der Waals surface area contributed by atoms with Gasteiger partial charge in [-0.25, -0.2) is 0 Å². The highest BCUT2D eigenvalue weighted by atomic mass is 32.2. The highest BCUT2D eigenvalue weighted by molar-refractivity contribution is 7.98. The fourth-order valence-corrected chi connectivity index (χ4v) is 3.55. The van der Waals surface area contributed by atoms with Crippen LogP contribution in [0.5, 0.6) is 0 Å². The smallest absolute Gasteiger partial charge is 0.254 e. The van der Waals surface area contributed by atoms with E-state index in [9.17, 15) is 10.1 Å². The molecular formula is C19H18N2O2S. The van der Waals surface area contributed by atoms with Crippen LogP contribution in [0.25, 0.3) is 0 Å². The van der Waals surface area contributed by atoms with Gasteiger partial charge in [0.05, 0.1) is 18.8 Å². The zero-order valence-corrected chi connectivity index (χ0v) is 14.1. The van der Waals surface area contributed by atoms with Gasteiger partial charge in [0.1, 0.15) is 6.07 Å². The number of rotatable bonds is 4. The lowest BCUT2D eigenvalue weighted by Gasteiger charge is -2.27. The summed E-state index contributed by atoms with van der Waals surface area (Å²) in [6.45, 7) is 2.39. The largest absolute Gasteiger partial charge is 0.378 e. The number of benzene rings is 2. The first kappa shape index (κ1) is 16.6. The van der Waals surface area contributed by atoms with Gasteiger partial charge >= 0.3 is 0 Å². The number of hydrogen-bond acceptors (Lipinski definition) is 4. The van der Waals surface area contributed by atoms with Crippen molar-refractivity contribution in [3.63, 3.8) is 0 Å². The van der Waals surface area contributed by atoms with Gasteiger partial charge in [0.15, 0.2) is 0 Å². The molecule has 0 bridgehead atoms. The minimum Gasteiger partial charge on any atom is -0.378 e. The zero-order valence-electron chi connectivity index (χ0n) is 13.3. The summed E-state index contributed by atoms with van der Waals surface area (Å²) in [5.74, 6) is 0.773. The lowest BCUT2D eigenvalue weighted by Crippen LogP contribution is -2.40. The van der Waals surface area contributed by atoms with Gasteiger partial charge in [0, 0.05) is 29.3 Å². The van der Waals surface area contributed by atoms with Crippen LogP contribution < -0.4 is 0 Å². The maximum atomic E-state index is 12.6. The first-order valence-electron chi connectivity index (χ1n) is 7.86. The van der Waals surface area contributed by atoms with Gasteiger partial charge in [-0.05, 0) is 23.8 Å². The van der Waals surface area contributed by atoms with Crippen molar-refractivity contribution in [2.75, 3.05) is 26.3 Å². The molecule has 0 N–H and O–H groups in total. The van der Waals surface area contributed by atoms with Crippen molar-refractivity contribution in [2.24, 2.45) is 0 Å². The van der Waals surface area contributed by atoms with Gasteiger partial charge in [-0.3, -0.25) is 4.79 Å². The van der Waals surface area contributed by atoms with Crippen LogP contribution in [0.15, 0.2) is 53.4 Å². The molecule has 2 aromatic carbocycles. The summed E-state index contributed by atoms with van der Waals surface area (Å²) in [5, 5.41) is 9.32. The van der Waals surface area contributed by atoms with E-state index >= 15 is 0 Å². The average Bonchev–Trinajstić information content (AvgIpc) is 2.67. The van der Waals surface area contributed by atoms with E-state index in [2.05, 4.69) is 18.2 Å². The fraction of sp³-hybridized carbons (Fsp3) is 0.263. The summed E-state index contributed by atoms with van der Waals surface area (Å²) >= 11 is 1.59. The standard InChI is InChI=1S/C19H18N2O2S/c20-13-17-7-6-16(19(22)21-8-10-23-11-9-21)12-18(17)24-14-15-4-2-1-3-5-15/h1-7,12H,8-11,14H2. The minimum absolute atomic E-state index is 0.00403. The number of carbonyl (C=O) groups is 1. The molecule has 1 amide bonds. The third-order valence-electron chi connectivity index (χ3n) is 3.88. The molecule has 0 aliphatic carbocycles. The van der Waals surface area contributed by atoms with Crippen LogP contribution in [0.4, 0.5) is 0 Å². The lowest BCUT2D eigenvalue weighted by atomic mass is 10.1. The van der Waals surface area contributed by atoms with Gasteiger partial charge in [-0.2, -0.15) is 5.26 Å². The van der Waals surface area contributed by atoms with E-state index in [1.807, 2.05) is 24.3 Å². The third kappa shape index (κ3) is 3.97. The number of morpholine rings is 1. The van der Waals surface area contributed by atoms with Gasteiger partial charge in [0.2, 0.25) is 0 Å². The summed E-state index contributed by atoms with van der Waals surface area (Å²) in [6.07, 6.45) is 0. The molecule has 0 aromatic heterocycles. The number of ether oxygens (including phenoxy) is 1. The first-order valence-corrected chi connectivity index (χ1v) is 8.84. The Labute approximate surface area is 146 Å². The number of nitrogens with zero attached hydrogens (tertiary/aromatic N) is 2. The summed E-state index contributed by atoms with van der Waals surface area (Å²) in [4.78, 5) is 15.3. The Morgan fingerprint density at radius 3 is 2.62 bits per heavy atom. The van der Waals surface area contributed by atoms with Crippen LogP contribution in [0, 0.1) is 11.3 Å². The molecular weight excluding hydrogens is 320 g/mol. The van der Waals surface area contributed by atoms with Gasteiger partial charge in [0.25, 0.3) is 5.91 Å². The quantitative estimate of drug-likeness (QED) is 0.803. The lowest BCUT2D eigenvalue weighted by molar-refractivity contribution is 0.0302. The number of nitriles is 1. The average molecular weight is 338 g/mol. The summed E-state index contributed by atoms with van der Waals surface area (Å²) in [7, 11) is 0. The van der Waals surface area contributed by atoms with Crippen LogP contribution in [0.2, 0.25) is 0 Å². The van der Waals surface area contributed by atoms with Crippen LogP contribution in [-0.4, -0.2) is 37.1 Å². The molecule has 1 heterocycles.